The predicted octanol–water partition coefficient (Wildman–Crippen LogP) is 5.46. The molecule has 0 atom stereocenters. The molecule has 8 heteroatoms. The lowest BCUT2D eigenvalue weighted by Gasteiger charge is -2.26. The van der Waals surface area contributed by atoms with E-state index in [2.05, 4.69) is 47.4 Å². The first kappa shape index (κ1) is 22.3. The highest BCUT2D eigenvalue weighted by Crippen LogP contribution is 2.46. The molecule has 0 saturated carbocycles. The van der Waals surface area contributed by atoms with Crippen molar-refractivity contribution in [2.24, 2.45) is 0 Å². The molecule has 2 aromatic carbocycles. The first-order chi connectivity index (χ1) is 13.8. The smallest absolute Gasteiger partial charge is 0.303 e. The second-order valence-corrected chi connectivity index (χ2v) is 9.41. The molecule has 0 bridgehead atoms. The van der Waals surface area contributed by atoms with Crippen LogP contribution in [-0.2, 0) is 10.4 Å². The average Bonchev–Trinajstić information content (AvgIpc) is 2.67. The normalized spacial score (nSPS) is 17.8. The Labute approximate surface area is 181 Å². The van der Waals surface area contributed by atoms with Gasteiger partial charge in [-0.3, -0.25) is 9.11 Å². The fraction of sp³-hybridized carbons (Fsp3) is 0.333. The van der Waals surface area contributed by atoms with E-state index in [0.717, 1.165) is 18.0 Å². The number of benzene rings is 2. The molecule has 1 fully saturated rings. The van der Waals surface area contributed by atoms with E-state index in [-0.39, 0.29) is 0 Å². The van der Waals surface area contributed by atoms with Gasteiger partial charge in [-0.25, -0.2) is 0 Å². The molecule has 0 aromatic heterocycles. The lowest BCUT2D eigenvalue weighted by Crippen LogP contribution is -2.30. The fourth-order valence-electron chi connectivity index (χ4n) is 3.64. The van der Waals surface area contributed by atoms with Gasteiger partial charge in [-0.05, 0) is 73.3 Å². The molecule has 0 unspecified atom stereocenters. The number of nitrogens with zero attached hydrogens (tertiary/aromatic N) is 1. The lowest BCUT2D eigenvalue weighted by atomic mass is 9.96. The van der Waals surface area contributed by atoms with Crippen LogP contribution in [-0.4, -0.2) is 42.1 Å². The van der Waals surface area contributed by atoms with Crippen molar-refractivity contribution >= 4 is 39.3 Å². The first-order valence-electron chi connectivity index (χ1n) is 9.51. The van der Waals surface area contributed by atoms with E-state index in [1.807, 2.05) is 17.8 Å². The number of piperidine rings is 1. The molecule has 4 rings (SSSR count). The maximum atomic E-state index is 8.74. The molecule has 2 aromatic rings. The maximum absolute atomic E-state index is 8.74. The molecule has 0 spiro atoms. The number of fused-ring (bicyclic) bond motifs is 2. The zero-order valence-electron chi connectivity index (χ0n) is 15.9. The van der Waals surface area contributed by atoms with Gasteiger partial charge in [0.15, 0.2) is 0 Å². The molecule has 1 saturated heterocycles. The van der Waals surface area contributed by atoms with Crippen molar-refractivity contribution in [2.45, 2.75) is 35.5 Å². The largest absolute Gasteiger partial charge is 0.394 e. The highest BCUT2D eigenvalue weighted by molar-refractivity contribution is 7.99. The van der Waals surface area contributed by atoms with Crippen molar-refractivity contribution < 1.29 is 17.5 Å². The molecule has 156 valence electrons. The Balaban J connectivity index is 0.000000431. The van der Waals surface area contributed by atoms with Gasteiger partial charge in [-0.1, -0.05) is 54.1 Å². The van der Waals surface area contributed by atoms with Crippen LogP contribution in [0.5, 0.6) is 0 Å². The summed E-state index contributed by atoms with van der Waals surface area (Å²) < 4.78 is 31.6. The third-order valence-corrected chi connectivity index (χ3v) is 6.26. The van der Waals surface area contributed by atoms with Crippen molar-refractivity contribution in [2.75, 3.05) is 19.6 Å². The van der Waals surface area contributed by atoms with Crippen molar-refractivity contribution in [3.63, 3.8) is 0 Å². The third-order valence-electron chi connectivity index (χ3n) is 4.87. The molecule has 2 N–H and O–H groups in total. The van der Waals surface area contributed by atoms with Crippen LogP contribution in [0.15, 0.2) is 58.3 Å². The molecule has 2 heterocycles. The fourth-order valence-corrected chi connectivity index (χ4v) is 4.90. The molecule has 2 aliphatic rings. The van der Waals surface area contributed by atoms with Gasteiger partial charge in [-0.15, -0.1) is 0 Å². The quantitative estimate of drug-likeness (QED) is 0.513. The number of hydrogen-bond donors (Lipinski definition) is 2. The van der Waals surface area contributed by atoms with Crippen LogP contribution in [0, 0.1) is 0 Å². The van der Waals surface area contributed by atoms with Crippen LogP contribution in [0.4, 0.5) is 0 Å². The number of hydrogen-bond acceptors (Lipinski definition) is 4. The summed E-state index contributed by atoms with van der Waals surface area (Å²) in [5, 5.41) is 0.815. The minimum Gasteiger partial charge on any atom is -0.303 e. The van der Waals surface area contributed by atoms with Crippen molar-refractivity contribution in [3.05, 3.63) is 64.7 Å². The Morgan fingerprint density at radius 1 is 1.00 bits per heavy atom. The Morgan fingerprint density at radius 2 is 1.66 bits per heavy atom. The zero-order chi connectivity index (χ0) is 20.9. The number of likely N-dealkylation sites (tertiary alicyclic amines) is 1. The Morgan fingerprint density at radius 3 is 2.38 bits per heavy atom. The average molecular weight is 454 g/mol. The summed E-state index contributed by atoms with van der Waals surface area (Å²) in [5.74, 6) is 0. The van der Waals surface area contributed by atoms with Crippen molar-refractivity contribution in [1.82, 2.24) is 4.90 Å². The third kappa shape index (κ3) is 6.84. The van der Waals surface area contributed by atoms with Gasteiger partial charge in [0.1, 0.15) is 0 Å². The summed E-state index contributed by atoms with van der Waals surface area (Å²) in [6.45, 7) is 3.69. The standard InChI is InChI=1S/C21H22ClNS.H2O4S/c22-16-10-11-21-19(15-16)17(18-7-2-3-9-20(18)24-21)8-6-14-23-12-4-1-5-13-23;1-5(2,3)4/h2-3,7-11,15H,1,4-6,12-14H2;(H2,1,2,3,4)/b17-8-;. The lowest BCUT2D eigenvalue weighted by molar-refractivity contribution is 0.233. The second-order valence-electron chi connectivity index (χ2n) is 7.00. The van der Waals surface area contributed by atoms with E-state index < -0.39 is 10.4 Å². The summed E-state index contributed by atoms with van der Waals surface area (Å²) >= 11 is 8.13. The zero-order valence-corrected chi connectivity index (χ0v) is 18.3. The van der Waals surface area contributed by atoms with Gasteiger partial charge < -0.3 is 4.90 Å². The molecule has 0 radical (unpaired) electrons. The molecule has 2 aliphatic heterocycles. The summed E-state index contributed by atoms with van der Waals surface area (Å²) in [6.07, 6.45) is 7.62. The Hall–Kier alpha value is -1.35. The van der Waals surface area contributed by atoms with Crippen LogP contribution < -0.4 is 0 Å². The maximum Gasteiger partial charge on any atom is 0.394 e. The monoisotopic (exact) mass is 453 g/mol. The van der Waals surface area contributed by atoms with E-state index in [1.165, 1.54) is 58.8 Å². The van der Waals surface area contributed by atoms with E-state index in [0.29, 0.717) is 0 Å². The number of halogens is 1. The summed E-state index contributed by atoms with van der Waals surface area (Å²) in [6, 6.07) is 15.0. The Bertz CT molecular complexity index is 978. The minimum atomic E-state index is -4.67. The van der Waals surface area contributed by atoms with Crippen LogP contribution in [0.1, 0.15) is 36.8 Å². The predicted molar refractivity (Wildman–Crippen MR) is 118 cm³/mol. The van der Waals surface area contributed by atoms with E-state index in [9.17, 15) is 0 Å². The highest BCUT2D eigenvalue weighted by atomic mass is 35.5. The van der Waals surface area contributed by atoms with Crippen LogP contribution in [0.25, 0.3) is 5.57 Å². The van der Waals surface area contributed by atoms with E-state index >= 15 is 0 Å². The van der Waals surface area contributed by atoms with Gasteiger partial charge in [0.25, 0.3) is 0 Å². The van der Waals surface area contributed by atoms with Crippen molar-refractivity contribution in [1.29, 1.82) is 0 Å². The first-order valence-corrected chi connectivity index (χ1v) is 12.1. The Kier molecular flexibility index (Phi) is 7.79. The van der Waals surface area contributed by atoms with Gasteiger partial charge in [0.05, 0.1) is 0 Å². The van der Waals surface area contributed by atoms with Gasteiger partial charge in [0, 0.05) is 21.4 Å². The van der Waals surface area contributed by atoms with Crippen LogP contribution in [0.3, 0.4) is 0 Å². The van der Waals surface area contributed by atoms with Gasteiger partial charge in [0.2, 0.25) is 0 Å². The second kappa shape index (κ2) is 10.1. The summed E-state index contributed by atoms with van der Waals surface area (Å²) in [7, 11) is -4.67. The van der Waals surface area contributed by atoms with Crippen LogP contribution in [0.2, 0.25) is 5.02 Å². The van der Waals surface area contributed by atoms with Gasteiger partial charge in [-0.2, -0.15) is 8.42 Å². The topological polar surface area (TPSA) is 77.8 Å². The molecular weight excluding hydrogens is 430 g/mol. The summed E-state index contributed by atoms with van der Waals surface area (Å²) in [5.41, 5.74) is 3.97. The molecule has 0 amide bonds. The van der Waals surface area contributed by atoms with Gasteiger partial charge >= 0.3 is 10.4 Å². The molecule has 5 nitrogen and oxygen atoms in total. The SMILES string of the molecule is Clc1ccc2c(c1)/C(=C\CCN1CCCCC1)c1ccccc1S2.O=S(=O)(O)O. The minimum absolute atomic E-state index is 0.815. The van der Waals surface area contributed by atoms with Crippen molar-refractivity contribution in [3.8, 4) is 0 Å². The summed E-state index contributed by atoms with van der Waals surface area (Å²) in [4.78, 5) is 5.25. The van der Waals surface area contributed by atoms with Crippen LogP contribution >= 0.6 is 23.4 Å². The van der Waals surface area contributed by atoms with E-state index in [4.69, 9.17) is 29.1 Å². The van der Waals surface area contributed by atoms with E-state index in [1.54, 1.807) is 0 Å². The highest BCUT2D eigenvalue weighted by Gasteiger charge is 2.20. The number of rotatable bonds is 3. The molecular formula is C21H24ClNO4S2. The molecule has 0 aliphatic carbocycles. The molecule has 29 heavy (non-hydrogen) atoms.